The first-order valence-corrected chi connectivity index (χ1v) is 6.26. The second-order valence-electron chi connectivity index (χ2n) is 4.07. The number of hydrogen-bond acceptors (Lipinski definition) is 3. The standard InChI is InChI=1S/C16H17NO4/c1-3-5-12-6-7-13(21-10-4-2)11-14(12)17-15(18)8-9-16(19)20/h3-4,6-9,11H,1-2,5,10H2,(H,17,18)(H,19,20)/b9-8-. The predicted molar refractivity (Wildman–Crippen MR) is 81.4 cm³/mol. The van der Waals surface area contributed by atoms with Crippen LogP contribution in [-0.2, 0) is 16.0 Å². The monoisotopic (exact) mass is 287 g/mol. The van der Waals surface area contributed by atoms with Gasteiger partial charge in [-0.2, -0.15) is 0 Å². The summed E-state index contributed by atoms with van der Waals surface area (Å²) < 4.78 is 5.40. The second-order valence-corrected chi connectivity index (χ2v) is 4.07. The molecule has 110 valence electrons. The van der Waals surface area contributed by atoms with E-state index < -0.39 is 11.9 Å². The van der Waals surface area contributed by atoms with Gasteiger partial charge in [0, 0.05) is 23.9 Å². The number of carboxylic acids is 1. The number of amides is 1. The van der Waals surface area contributed by atoms with E-state index in [1.807, 2.05) is 6.07 Å². The maximum absolute atomic E-state index is 11.7. The van der Waals surface area contributed by atoms with Crippen molar-refractivity contribution in [2.75, 3.05) is 11.9 Å². The number of rotatable bonds is 8. The third-order valence-corrected chi connectivity index (χ3v) is 2.45. The van der Waals surface area contributed by atoms with Gasteiger partial charge in [-0.15, -0.1) is 6.58 Å². The number of carbonyl (C=O) groups is 2. The highest BCUT2D eigenvalue weighted by Crippen LogP contribution is 2.23. The summed E-state index contributed by atoms with van der Waals surface area (Å²) in [6.07, 6.45) is 5.63. The average molecular weight is 287 g/mol. The van der Waals surface area contributed by atoms with Crippen LogP contribution < -0.4 is 10.1 Å². The average Bonchev–Trinajstić information content (AvgIpc) is 2.45. The highest BCUT2D eigenvalue weighted by molar-refractivity contribution is 6.02. The molecule has 0 bridgehead atoms. The Hall–Kier alpha value is -2.82. The van der Waals surface area contributed by atoms with Gasteiger partial charge in [0.05, 0.1) is 0 Å². The van der Waals surface area contributed by atoms with Crippen LogP contribution in [0.4, 0.5) is 5.69 Å². The lowest BCUT2D eigenvalue weighted by Gasteiger charge is -2.11. The fraction of sp³-hybridized carbons (Fsp3) is 0.125. The zero-order chi connectivity index (χ0) is 15.7. The van der Waals surface area contributed by atoms with Crippen molar-refractivity contribution in [3.05, 3.63) is 61.2 Å². The topological polar surface area (TPSA) is 75.6 Å². The van der Waals surface area contributed by atoms with E-state index in [-0.39, 0.29) is 0 Å². The van der Waals surface area contributed by atoms with E-state index >= 15 is 0 Å². The molecule has 5 heteroatoms. The Bertz CT molecular complexity index is 576. The molecule has 2 N–H and O–H groups in total. The molecule has 0 aliphatic rings. The first kappa shape index (κ1) is 16.2. The van der Waals surface area contributed by atoms with Crippen molar-refractivity contribution < 1.29 is 19.4 Å². The summed E-state index contributed by atoms with van der Waals surface area (Å²) in [6, 6.07) is 5.27. The van der Waals surface area contributed by atoms with Crippen molar-refractivity contribution in [3.8, 4) is 5.75 Å². The Kier molecular flexibility index (Phi) is 6.47. The molecule has 1 amide bonds. The van der Waals surface area contributed by atoms with Crippen LogP contribution in [0.2, 0.25) is 0 Å². The first-order valence-electron chi connectivity index (χ1n) is 6.26. The quantitative estimate of drug-likeness (QED) is 0.569. The molecule has 0 fully saturated rings. The highest BCUT2D eigenvalue weighted by atomic mass is 16.5. The van der Waals surface area contributed by atoms with Crippen LogP contribution >= 0.6 is 0 Å². The number of allylic oxidation sites excluding steroid dienone is 1. The lowest BCUT2D eigenvalue weighted by molar-refractivity contribution is -0.131. The van der Waals surface area contributed by atoms with Crippen LogP contribution in [0, 0.1) is 0 Å². The fourth-order valence-electron chi connectivity index (χ4n) is 1.57. The van der Waals surface area contributed by atoms with Crippen molar-refractivity contribution in [2.24, 2.45) is 0 Å². The second kappa shape index (κ2) is 8.37. The van der Waals surface area contributed by atoms with Crippen LogP contribution in [0.3, 0.4) is 0 Å². The van der Waals surface area contributed by atoms with Crippen LogP contribution in [0.5, 0.6) is 5.75 Å². The summed E-state index contributed by atoms with van der Waals surface area (Å²) in [5, 5.41) is 11.1. The minimum absolute atomic E-state index is 0.354. The van der Waals surface area contributed by atoms with Crippen LogP contribution in [0.15, 0.2) is 55.7 Å². The van der Waals surface area contributed by atoms with Crippen LogP contribution in [0.1, 0.15) is 5.56 Å². The SMILES string of the molecule is C=CCOc1ccc(CC=C)c(NC(=O)/C=C\C(=O)O)c1. The molecule has 21 heavy (non-hydrogen) atoms. The molecule has 0 aromatic heterocycles. The van der Waals surface area contributed by atoms with Gasteiger partial charge in [-0.05, 0) is 18.1 Å². The van der Waals surface area contributed by atoms with E-state index in [2.05, 4.69) is 18.5 Å². The third-order valence-electron chi connectivity index (χ3n) is 2.45. The Morgan fingerprint density at radius 2 is 2.00 bits per heavy atom. The zero-order valence-corrected chi connectivity index (χ0v) is 11.5. The number of carboxylic acid groups (broad SMARTS) is 1. The lowest BCUT2D eigenvalue weighted by Crippen LogP contribution is -2.10. The van der Waals surface area contributed by atoms with Gasteiger partial charge in [-0.1, -0.05) is 24.8 Å². The van der Waals surface area contributed by atoms with Gasteiger partial charge in [0.2, 0.25) is 5.91 Å². The lowest BCUT2D eigenvalue weighted by atomic mass is 10.1. The first-order chi connectivity index (χ1) is 10.1. The van der Waals surface area contributed by atoms with Crippen molar-refractivity contribution in [3.63, 3.8) is 0 Å². The van der Waals surface area contributed by atoms with Gasteiger partial charge in [0.1, 0.15) is 12.4 Å². The van der Waals surface area contributed by atoms with Crippen molar-refractivity contribution in [1.29, 1.82) is 0 Å². The normalized spacial score (nSPS) is 10.1. The van der Waals surface area contributed by atoms with Crippen molar-refractivity contribution >= 4 is 17.6 Å². The van der Waals surface area contributed by atoms with Gasteiger partial charge in [-0.3, -0.25) is 4.79 Å². The maximum atomic E-state index is 11.7. The van der Waals surface area contributed by atoms with E-state index in [1.54, 1.807) is 24.3 Å². The molecule has 0 unspecified atom stereocenters. The maximum Gasteiger partial charge on any atom is 0.328 e. The molecule has 0 radical (unpaired) electrons. The zero-order valence-electron chi connectivity index (χ0n) is 11.5. The third kappa shape index (κ3) is 5.78. The minimum atomic E-state index is -1.18. The summed E-state index contributed by atoms with van der Waals surface area (Å²) in [4.78, 5) is 22.0. The van der Waals surface area contributed by atoms with Gasteiger partial charge in [-0.25, -0.2) is 4.79 Å². The van der Waals surface area contributed by atoms with Gasteiger partial charge in [0.25, 0.3) is 0 Å². The summed E-state index contributed by atoms with van der Waals surface area (Å²) >= 11 is 0. The van der Waals surface area contributed by atoms with Crippen molar-refractivity contribution in [1.82, 2.24) is 0 Å². The molecule has 0 heterocycles. The minimum Gasteiger partial charge on any atom is -0.489 e. The number of aliphatic carboxylic acids is 1. The smallest absolute Gasteiger partial charge is 0.328 e. The van der Waals surface area contributed by atoms with E-state index in [0.717, 1.165) is 17.7 Å². The Balaban J connectivity index is 2.93. The Morgan fingerprint density at radius 3 is 2.62 bits per heavy atom. The van der Waals surface area contributed by atoms with E-state index in [0.29, 0.717) is 24.5 Å². The number of hydrogen-bond donors (Lipinski definition) is 2. The molecule has 0 saturated carbocycles. The highest BCUT2D eigenvalue weighted by Gasteiger charge is 2.06. The van der Waals surface area contributed by atoms with Gasteiger partial charge < -0.3 is 15.2 Å². The van der Waals surface area contributed by atoms with E-state index in [1.165, 1.54) is 0 Å². The molecule has 0 aliphatic carbocycles. The molecule has 1 rings (SSSR count). The molecule has 5 nitrogen and oxygen atoms in total. The summed E-state index contributed by atoms with van der Waals surface area (Å²) in [5.41, 5.74) is 1.41. The van der Waals surface area contributed by atoms with Crippen LogP contribution in [-0.4, -0.2) is 23.6 Å². The summed E-state index contributed by atoms with van der Waals surface area (Å²) in [6.45, 7) is 7.57. The Morgan fingerprint density at radius 1 is 1.24 bits per heavy atom. The summed E-state index contributed by atoms with van der Waals surface area (Å²) in [7, 11) is 0. The number of anilines is 1. The molecule has 0 atom stereocenters. The molecule has 0 spiro atoms. The molecule has 1 aromatic carbocycles. The molecular weight excluding hydrogens is 270 g/mol. The summed E-state index contributed by atoms with van der Waals surface area (Å²) in [5.74, 6) is -1.12. The predicted octanol–water partition coefficient (Wildman–Crippen LogP) is 2.56. The van der Waals surface area contributed by atoms with Gasteiger partial charge in [0.15, 0.2) is 0 Å². The molecular formula is C16H17NO4. The van der Waals surface area contributed by atoms with E-state index in [9.17, 15) is 9.59 Å². The number of carbonyl (C=O) groups excluding carboxylic acids is 1. The van der Waals surface area contributed by atoms with Crippen molar-refractivity contribution in [2.45, 2.75) is 6.42 Å². The van der Waals surface area contributed by atoms with Crippen LogP contribution in [0.25, 0.3) is 0 Å². The molecule has 0 saturated heterocycles. The molecule has 0 aliphatic heterocycles. The van der Waals surface area contributed by atoms with Gasteiger partial charge >= 0.3 is 5.97 Å². The number of benzene rings is 1. The number of nitrogens with one attached hydrogen (secondary N) is 1. The fourth-order valence-corrected chi connectivity index (χ4v) is 1.57. The largest absolute Gasteiger partial charge is 0.489 e. The van der Waals surface area contributed by atoms with E-state index in [4.69, 9.17) is 9.84 Å². The number of ether oxygens (including phenoxy) is 1. The Labute approximate surface area is 123 Å². The molecule has 1 aromatic rings.